The molecule has 0 aliphatic carbocycles. The quantitative estimate of drug-likeness (QED) is 0.365. The van der Waals surface area contributed by atoms with E-state index in [0.717, 1.165) is 22.7 Å². The molecule has 0 saturated heterocycles. The van der Waals surface area contributed by atoms with Crippen molar-refractivity contribution in [1.82, 2.24) is 9.55 Å². The van der Waals surface area contributed by atoms with E-state index in [1.165, 1.54) is 31.0 Å². The predicted molar refractivity (Wildman–Crippen MR) is 109 cm³/mol. The van der Waals surface area contributed by atoms with Gasteiger partial charge in [0.15, 0.2) is 10.9 Å². The lowest BCUT2D eigenvalue weighted by Gasteiger charge is -2.11. The van der Waals surface area contributed by atoms with Crippen LogP contribution < -0.4 is 10.1 Å². The molecule has 1 aromatic heterocycles. The minimum absolute atomic E-state index is 0.103. The number of imidazole rings is 1. The number of fused-ring (bicyclic) bond motifs is 1. The highest BCUT2D eigenvalue weighted by atomic mass is 32.2. The van der Waals surface area contributed by atoms with Crippen LogP contribution in [0.4, 0.5) is 11.4 Å². The number of hydrogen-bond acceptors (Lipinski definition) is 6. The van der Waals surface area contributed by atoms with Crippen molar-refractivity contribution in [3.05, 3.63) is 52.1 Å². The van der Waals surface area contributed by atoms with Crippen molar-refractivity contribution in [1.29, 1.82) is 0 Å². The topological polar surface area (TPSA) is 99.3 Å². The van der Waals surface area contributed by atoms with Crippen LogP contribution in [0, 0.1) is 17.0 Å². The molecule has 0 aliphatic heterocycles. The number of para-hydroxylation sites is 2. The van der Waals surface area contributed by atoms with Gasteiger partial charge in [-0.15, -0.1) is 0 Å². The van der Waals surface area contributed by atoms with Crippen molar-refractivity contribution >= 4 is 40.1 Å². The summed E-state index contributed by atoms with van der Waals surface area (Å²) in [7, 11) is 1.36. The van der Waals surface area contributed by atoms with E-state index in [-0.39, 0.29) is 23.1 Å². The Morgan fingerprint density at radius 2 is 2.11 bits per heavy atom. The molecule has 9 heteroatoms. The zero-order valence-electron chi connectivity index (χ0n) is 15.8. The van der Waals surface area contributed by atoms with E-state index >= 15 is 0 Å². The second-order valence-electron chi connectivity index (χ2n) is 6.06. The molecule has 0 fully saturated rings. The fraction of sp³-hybridized carbons (Fsp3) is 0.263. The third-order valence-corrected chi connectivity index (χ3v) is 5.24. The lowest BCUT2D eigenvalue weighted by Crippen LogP contribution is -2.15. The fourth-order valence-corrected chi connectivity index (χ4v) is 3.78. The molecule has 1 heterocycles. The Labute approximate surface area is 166 Å². The summed E-state index contributed by atoms with van der Waals surface area (Å²) in [6, 6.07) is 10.7. The zero-order valence-corrected chi connectivity index (χ0v) is 16.6. The molecule has 146 valence electrons. The Hall–Kier alpha value is -3.07. The maximum atomic E-state index is 12.4. The van der Waals surface area contributed by atoms with Crippen LogP contribution in [-0.4, -0.2) is 33.2 Å². The van der Waals surface area contributed by atoms with Crippen molar-refractivity contribution in [2.45, 2.75) is 25.5 Å². The van der Waals surface area contributed by atoms with E-state index in [2.05, 4.69) is 14.9 Å². The van der Waals surface area contributed by atoms with Crippen molar-refractivity contribution in [2.75, 3.05) is 18.2 Å². The number of nitro benzene ring substituents is 1. The molecule has 1 amide bonds. The summed E-state index contributed by atoms with van der Waals surface area (Å²) in [5.41, 5.74) is 2.86. The molecule has 0 atom stereocenters. The first kappa shape index (κ1) is 19.7. The summed E-state index contributed by atoms with van der Waals surface area (Å²) in [6.45, 7) is 4.49. The number of nitro groups is 1. The van der Waals surface area contributed by atoms with Crippen LogP contribution in [0.1, 0.15) is 12.5 Å². The summed E-state index contributed by atoms with van der Waals surface area (Å²) in [5, 5.41) is 14.7. The molecule has 2 aromatic carbocycles. The van der Waals surface area contributed by atoms with Crippen LogP contribution in [0.15, 0.2) is 41.6 Å². The number of benzene rings is 2. The number of nitrogens with one attached hydrogen (secondary N) is 1. The van der Waals surface area contributed by atoms with E-state index in [4.69, 9.17) is 4.74 Å². The molecule has 0 bridgehead atoms. The number of carbonyl (C=O) groups is 1. The van der Waals surface area contributed by atoms with Gasteiger partial charge in [0, 0.05) is 24.4 Å². The van der Waals surface area contributed by atoms with Gasteiger partial charge in [0.05, 0.1) is 28.8 Å². The second-order valence-corrected chi connectivity index (χ2v) is 7.00. The number of aromatic nitrogens is 2. The number of nitrogens with zero attached hydrogens (tertiary/aromatic N) is 3. The van der Waals surface area contributed by atoms with E-state index in [1.54, 1.807) is 6.92 Å². The highest BCUT2D eigenvalue weighted by Gasteiger charge is 2.19. The van der Waals surface area contributed by atoms with Crippen molar-refractivity contribution in [2.24, 2.45) is 0 Å². The minimum atomic E-state index is -0.511. The largest absolute Gasteiger partial charge is 0.490 e. The average Bonchev–Trinajstić information content (AvgIpc) is 3.05. The zero-order chi connectivity index (χ0) is 20.3. The predicted octanol–water partition coefficient (Wildman–Crippen LogP) is 4.01. The Bertz CT molecular complexity index is 1050. The molecule has 0 unspecified atom stereocenters. The van der Waals surface area contributed by atoms with E-state index < -0.39 is 4.92 Å². The Balaban J connectivity index is 1.74. The van der Waals surface area contributed by atoms with Crippen LogP contribution in [0.2, 0.25) is 0 Å². The van der Waals surface area contributed by atoms with Crippen LogP contribution in [0.3, 0.4) is 0 Å². The summed E-state index contributed by atoms with van der Waals surface area (Å²) in [5.74, 6) is 0.0484. The fourth-order valence-electron chi connectivity index (χ4n) is 2.90. The first-order valence-corrected chi connectivity index (χ1v) is 9.64. The van der Waals surface area contributed by atoms with Gasteiger partial charge in [-0.3, -0.25) is 14.9 Å². The molecule has 0 radical (unpaired) electrons. The minimum Gasteiger partial charge on any atom is -0.490 e. The highest BCUT2D eigenvalue weighted by Crippen LogP contribution is 2.33. The molecule has 3 rings (SSSR count). The molecule has 8 nitrogen and oxygen atoms in total. The standard InChI is InChI=1S/C19H20N4O4S/c1-4-22-15-8-6-5-7-13(15)21-19(22)28-11-18(24)20-14-10-17(27-3)16(23(25)26)9-12(14)2/h5-10H,4,11H2,1-3H3,(H,20,24). The van der Waals surface area contributed by atoms with Gasteiger partial charge in [0.2, 0.25) is 5.91 Å². The highest BCUT2D eigenvalue weighted by molar-refractivity contribution is 7.99. The number of carbonyl (C=O) groups excluding carboxylic acids is 1. The molecule has 0 spiro atoms. The number of ether oxygens (including phenoxy) is 1. The maximum Gasteiger partial charge on any atom is 0.311 e. The van der Waals surface area contributed by atoms with Crippen LogP contribution in [0.25, 0.3) is 11.0 Å². The molecule has 1 N–H and O–H groups in total. The second kappa shape index (κ2) is 8.30. The van der Waals surface area contributed by atoms with Gasteiger partial charge in [-0.2, -0.15) is 0 Å². The Morgan fingerprint density at radius 1 is 1.36 bits per heavy atom. The van der Waals surface area contributed by atoms with Gasteiger partial charge >= 0.3 is 5.69 Å². The molecule has 0 saturated carbocycles. The monoisotopic (exact) mass is 400 g/mol. The van der Waals surface area contributed by atoms with Gasteiger partial charge in [0.1, 0.15) is 0 Å². The first-order chi connectivity index (χ1) is 13.4. The number of aryl methyl sites for hydroxylation is 2. The maximum absolute atomic E-state index is 12.4. The molecule has 3 aromatic rings. The van der Waals surface area contributed by atoms with E-state index in [9.17, 15) is 14.9 Å². The Kier molecular flexibility index (Phi) is 5.84. The third kappa shape index (κ3) is 3.94. The molecular formula is C19H20N4O4S. The molecular weight excluding hydrogens is 380 g/mol. The molecule has 28 heavy (non-hydrogen) atoms. The lowest BCUT2D eigenvalue weighted by molar-refractivity contribution is -0.385. The summed E-state index contributed by atoms with van der Waals surface area (Å²) < 4.78 is 7.13. The van der Waals surface area contributed by atoms with Gasteiger partial charge in [-0.25, -0.2) is 4.98 Å². The number of methoxy groups -OCH3 is 1. The van der Waals surface area contributed by atoms with Gasteiger partial charge in [-0.1, -0.05) is 23.9 Å². The lowest BCUT2D eigenvalue weighted by atomic mass is 10.1. The Morgan fingerprint density at radius 3 is 2.79 bits per heavy atom. The average molecular weight is 400 g/mol. The first-order valence-electron chi connectivity index (χ1n) is 8.65. The smallest absolute Gasteiger partial charge is 0.311 e. The van der Waals surface area contributed by atoms with Gasteiger partial charge in [0.25, 0.3) is 0 Å². The van der Waals surface area contributed by atoms with Crippen LogP contribution in [-0.2, 0) is 11.3 Å². The van der Waals surface area contributed by atoms with Crippen LogP contribution in [0.5, 0.6) is 5.75 Å². The van der Waals surface area contributed by atoms with Crippen molar-refractivity contribution < 1.29 is 14.5 Å². The van der Waals surface area contributed by atoms with Crippen molar-refractivity contribution in [3.8, 4) is 5.75 Å². The number of rotatable bonds is 7. The number of hydrogen-bond donors (Lipinski definition) is 1. The summed E-state index contributed by atoms with van der Waals surface area (Å²) in [4.78, 5) is 27.6. The summed E-state index contributed by atoms with van der Waals surface area (Å²) in [6.07, 6.45) is 0. The van der Waals surface area contributed by atoms with Crippen molar-refractivity contribution in [3.63, 3.8) is 0 Å². The van der Waals surface area contributed by atoms with Crippen LogP contribution >= 0.6 is 11.8 Å². The van der Waals surface area contributed by atoms with E-state index in [1.807, 2.05) is 31.2 Å². The number of anilines is 1. The number of thioether (sulfide) groups is 1. The van der Waals surface area contributed by atoms with Gasteiger partial charge < -0.3 is 14.6 Å². The number of amides is 1. The SMILES string of the molecule is CCn1c(SCC(=O)Nc2cc(OC)c([N+](=O)[O-])cc2C)nc2ccccc21. The molecule has 0 aliphatic rings. The van der Waals surface area contributed by atoms with Gasteiger partial charge in [-0.05, 0) is 31.5 Å². The normalized spacial score (nSPS) is 10.8. The summed E-state index contributed by atoms with van der Waals surface area (Å²) >= 11 is 1.35. The van der Waals surface area contributed by atoms with E-state index in [0.29, 0.717) is 11.3 Å². The third-order valence-electron chi connectivity index (χ3n) is 4.26.